The van der Waals surface area contributed by atoms with E-state index in [1.165, 1.54) is 17.7 Å². The van der Waals surface area contributed by atoms with Gasteiger partial charge in [-0.25, -0.2) is 0 Å². The molecular weight excluding hydrogens is 375 g/mol. The van der Waals surface area contributed by atoms with Gasteiger partial charge in [-0.3, -0.25) is 9.59 Å². The molecule has 7 nitrogen and oxygen atoms in total. The Hall–Kier alpha value is -2.65. The minimum Gasteiger partial charge on any atom is -0.352 e. The maximum Gasteiger partial charge on any atom is 0.409 e. The Kier molecular flexibility index (Phi) is 6.15. The van der Waals surface area contributed by atoms with Gasteiger partial charge in [0.15, 0.2) is 11.5 Å². The molecule has 10 heteroatoms. The van der Waals surface area contributed by atoms with Gasteiger partial charge in [0.2, 0.25) is 5.91 Å². The molecule has 0 atom stereocenters. The molecule has 1 saturated carbocycles. The van der Waals surface area contributed by atoms with Gasteiger partial charge in [-0.15, -0.1) is 10.2 Å². The van der Waals surface area contributed by atoms with Gasteiger partial charge < -0.3 is 15.1 Å². The van der Waals surface area contributed by atoms with Crippen LogP contribution in [-0.2, 0) is 4.79 Å². The van der Waals surface area contributed by atoms with Gasteiger partial charge in [-0.2, -0.15) is 13.2 Å². The second-order valence-corrected chi connectivity index (χ2v) is 6.95. The van der Waals surface area contributed by atoms with Crippen molar-refractivity contribution in [2.75, 3.05) is 37.6 Å². The number of piperazine rings is 1. The van der Waals surface area contributed by atoms with Crippen molar-refractivity contribution in [2.24, 2.45) is 5.92 Å². The largest absolute Gasteiger partial charge is 0.409 e. The number of anilines is 1. The van der Waals surface area contributed by atoms with Crippen molar-refractivity contribution in [1.29, 1.82) is 0 Å². The van der Waals surface area contributed by atoms with Crippen LogP contribution >= 0.6 is 0 Å². The number of allylic oxidation sites excluding steroid dienone is 1. The summed E-state index contributed by atoms with van der Waals surface area (Å²) in [5, 5.41) is 10.8. The number of alkyl halides is 3. The van der Waals surface area contributed by atoms with Gasteiger partial charge in [0.05, 0.1) is 0 Å². The van der Waals surface area contributed by atoms with Gasteiger partial charge in [0, 0.05) is 44.9 Å². The fourth-order valence-electron chi connectivity index (χ4n) is 2.93. The summed E-state index contributed by atoms with van der Waals surface area (Å²) >= 11 is 0. The van der Waals surface area contributed by atoms with Crippen molar-refractivity contribution in [3.63, 3.8) is 0 Å². The molecule has 28 heavy (non-hydrogen) atoms. The predicted molar refractivity (Wildman–Crippen MR) is 95.7 cm³/mol. The number of carbonyl (C=O) groups excluding carboxylic acids is 2. The molecule has 1 aliphatic heterocycles. The van der Waals surface area contributed by atoms with Crippen LogP contribution in [0.15, 0.2) is 24.3 Å². The SMILES string of the molecule is O=C(NCCC1CC1)c1ccc(N2CCN(C(=O)C=CC(F)(F)F)CC2)nn1. The molecule has 0 spiro atoms. The fraction of sp³-hybridized carbons (Fsp3) is 0.556. The molecule has 1 aromatic heterocycles. The Labute approximate surface area is 160 Å². The molecule has 0 aromatic carbocycles. The first kappa shape index (κ1) is 20.1. The molecule has 3 rings (SSSR count). The fourth-order valence-corrected chi connectivity index (χ4v) is 2.93. The van der Waals surface area contributed by atoms with Crippen LogP contribution in [0.1, 0.15) is 29.8 Å². The third-order valence-electron chi connectivity index (χ3n) is 4.75. The summed E-state index contributed by atoms with van der Waals surface area (Å²) in [6.07, 6.45) is -0.547. The van der Waals surface area contributed by atoms with E-state index < -0.39 is 12.1 Å². The van der Waals surface area contributed by atoms with Gasteiger partial charge in [-0.1, -0.05) is 12.8 Å². The second kappa shape index (κ2) is 8.57. The van der Waals surface area contributed by atoms with Crippen LogP contribution in [0.25, 0.3) is 0 Å². The van der Waals surface area contributed by atoms with E-state index in [4.69, 9.17) is 0 Å². The molecule has 1 N–H and O–H groups in total. The third kappa shape index (κ3) is 5.93. The van der Waals surface area contributed by atoms with E-state index in [1.807, 2.05) is 4.90 Å². The van der Waals surface area contributed by atoms with Crippen molar-refractivity contribution >= 4 is 17.6 Å². The normalized spacial score (nSPS) is 17.8. The molecule has 152 valence electrons. The minimum absolute atomic E-state index is 0.0540. The highest BCUT2D eigenvalue weighted by Crippen LogP contribution is 2.31. The maximum absolute atomic E-state index is 12.2. The second-order valence-electron chi connectivity index (χ2n) is 6.95. The van der Waals surface area contributed by atoms with Crippen molar-refractivity contribution in [2.45, 2.75) is 25.4 Å². The lowest BCUT2D eigenvalue weighted by Crippen LogP contribution is -2.48. The van der Waals surface area contributed by atoms with E-state index in [9.17, 15) is 22.8 Å². The quantitative estimate of drug-likeness (QED) is 0.741. The van der Waals surface area contributed by atoms with Crippen molar-refractivity contribution in [1.82, 2.24) is 20.4 Å². The van der Waals surface area contributed by atoms with E-state index in [2.05, 4.69) is 15.5 Å². The zero-order valence-electron chi connectivity index (χ0n) is 15.3. The van der Waals surface area contributed by atoms with Crippen molar-refractivity contribution in [3.8, 4) is 0 Å². The molecule has 0 bridgehead atoms. The van der Waals surface area contributed by atoms with E-state index in [1.54, 1.807) is 12.1 Å². The lowest BCUT2D eigenvalue weighted by Gasteiger charge is -2.34. The number of carbonyl (C=O) groups is 2. The van der Waals surface area contributed by atoms with Crippen LogP contribution in [0, 0.1) is 5.92 Å². The van der Waals surface area contributed by atoms with E-state index >= 15 is 0 Å². The lowest BCUT2D eigenvalue weighted by atomic mass is 10.2. The van der Waals surface area contributed by atoms with Crippen LogP contribution in [-0.4, -0.2) is 65.8 Å². The summed E-state index contributed by atoms with van der Waals surface area (Å²) in [7, 11) is 0. The Balaban J connectivity index is 1.46. The molecule has 2 fully saturated rings. The number of aromatic nitrogens is 2. The number of rotatable bonds is 6. The molecule has 0 radical (unpaired) electrons. The smallest absolute Gasteiger partial charge is 0.352 e. The highest BCUT2D eigenvalue weighted by molar-refractivity contribution is 5.92. The maximum atomic E-state index is 12.2. The summed E-state index contributed by atoms with van der Waals surface area (Å²) in [6, 6.07) is 3.28. The summed E-state index contributed by atoms with van der Waals surface area (Å²) in [5.74, 6) is 0.378. The van der Waals surface area contributed by atoms with Crippen molar-refractivity contribution in [3.05, 3.63) is 30.0 Å². The molecule has 1 saturated heterocycles. The first-order valence-corrected chi connectivity index (χ1v) is 9.23. The standard InChI is InChI=1S/C18H22F3N5O2/c19-18(20,21)7-5-16(27)26-11-9-25(10-12-26)15-4-3-14(23-24-15)17(28)22-8-6-13-1-2-13/h3-5,7,13H,1-2,6,8-12H2,(H,22,28). The topological polar surface area (TPSA) is 78.4 Å². The minimum atomic E-state index is -4.50. The Morgan fingerprint density at radius 2 is 1.86 bits per heavy atom. The van der Waals surface area contributed by atoms with Crippen LogP contribution in [0.4, 0.5) is 19.0 Å². The predicted octanol–water partition coefficient (Wildman–Crippen LogP) is 1.77. The molecule has 1 aliphatic carbocycles. The number of amides is 2. The Morgan fingerprint density at radius 3 is 2.43 bits per heavy atom. The third-order valence-corrected chi connectivity index (χ3v) is 4.75. The van der Waals surface area contributed by atoms with Gasteiger partial charge in [0.1, 0.15) is 0 Å². The first-order chi connectivity index (χ1) is 13.3. The van der Waals surface area contributed by atoms with Gasteiger partial charge in [-0.05, 0) is 24.5 Å². The Bertz CT molecular complexity index is 724. The van der Waals surface area contributed by atoms with Gasteiger partial charge in [0.25, 0.3) is 5.91 Å². The highest BCUT2D eigenvalue weighted by Gasteiger charge is 2.25. The zero-order valence-corrected chi connectivity index (χ0v) is 15.3. The number of nitrogens with one attached hydrogen (secondary N) is 1. The molecule has 2 heterocycles. The monoisotopic (exact) mass is 397 g/mol. The molecule has 2 amide bonds. The number of halogens is 3. The molecule has 2 aliphatic rings. The highest BCUT2D eigenvalue weighted by atomic mass is 19.4. The summed E-state index contributed by atoms with van der Waals surface area (Å²) < 4.78 is 36.5. The van der Waals surface area contributed by atoms with E-state index in [0.29, 0.717) is 31.5 Å². The van der Waals surface area contributed by atoms with Crippen molar-refractivity contribution < 1.29 is 22.8 Å². The summed E-state index contributed by atoms with van der Waals surface area (Å²) in [6.45, 7) is 2.05. The molecule has 1 aromatic rings. The first-order valence-electron chi connectivity index (χ1n) is 9.23. The number of nitrogens with zero attached hydrogens (tertiary/aromatic N) is 4. The van der Waals surface area contributed by atoms with Crippen LogP contribution < -0.4 is 10.2 Å². The number of hydrogen-bond donors (Lipinski definition) is 1. The van der Waals surface area contributed by atoms with E-state index in [-0.39, 0.29) is 30.8 Å². The Morgan fingerprint density at radius 1 is 1.14 bits per heavy atom. The summed E-state index contributed by atoms with van der Waals surface area (Å²) in [5.41, 5.74) is 0.241. The zero-order chi connectivity index (χ0) is 20.1. The van der Waals surface area contributed by atoms with Crippen LogP contribution in [0.2, 0.25) is 0 Å². The summed E-state index contributed by atoms with van der Waals surface area (Å²) in [4.78, 5) is 27.0. The molecule has 0 unspecified atom stereocenters. The van der Waals surface area contributed by atoms with Crippen LogP contribution in [0.5, 0.6) is 0 Å². The van der Waals surface area contributed by atoms with Gasteiger partial charge >= 0.3 is 6.18 Å². The van der Waals surface area contributed by atoms with E-state index in [0.717, 1.165) is 12.3 Å². The number of hydrogen-bond acceptors (Lipinski definition) is 5. The average molecular weight is 397 g/mol. The average Bonchev–Trinajstić information content (AvgIpc) is 3.50. The van der Waals surface area contributed by atoms with Crippen LogP contribution in [0.3, 0.4) is 0 Å². The molecular formula is C18H22F3N5O2. The lowest BCUT2D eigenvalue weighted by molar-refractivity contribution is -0.127.